The summed E-state index contributed by atoms with van der Waals surface area (Å²) in [7, 11) is 0. The number of rotatable bonds is 3. The summed E-state index contributed by atoms with van der Waals surface area (Å²) >= 11 is 4.67. The van der Waals surface area contributed by atoms with Gasteiger partial charge in [-0.3, -0.25) is 0 Å². The first kappa shape index (κ1) is 17.7. The maximum atomic E-state index is 9.12. The van der Waals surface area contributed by atoms with E-state index >= 15 is 0 Å². The molecule has 0 aromatic heterocycles. The molecular formula is C5H12ClN2NaO2. The molecule has 4 N–H and O–H groups in total. The molecule has 0 amide bonds. The zero-order chi connectivity index (χ0) is 8.41. The molecule has 11 heavy (non-hydrogen) atoms. The van der Waals surface area contributed by atoms with Gasteiger partial charge in [0, 0.05) is 0 Å². The molecule has 62 valence electrons. The Labute approximate surface area is 93.6 Å². The first-order valence-corrected chi connectivity index (χ1v) is 3.38. The Hall–Kier alpha value is 0.680. The van der Waals surface area contributed by atoms with Crippen molar-refractivity contribution in [2.75, 3.05) is 19.0 Å². The zero-order valence-corrected chi connectivity index (χ0v) is 9.43. The zero-order valence-electron chi connectivity index (χ0n) is 6.68. The SMILES string of the molecule is NCCCN.O=C([O-])CCl.[Na+]. The predicted molar refractivity (Wildman–Crippen MR) is 38.5 cm³/mol. The number of hydrogen-bond acceptors (Lipinski definition) is 4. The molecule has 0 spiro atoms. The molecule has 0 saturated carbocycles. The number of carbonyl (C=O) groups excluding carboxylic acids is 1. The maximum absolute atomic E-state index is 9.12. The van der Waals surface area contributed by atoms with E-state index < -0.39 is 11.8 Å². The monoisotopic (exact) mass is 190 g/mol. The van der Waals surface area contributed by atoms with Crippen LogP contribution >= 0.6 is 11.6 Å². The van der Waals surface area contributed by atoms with Gasteiger partial charge in [-0.05, 0) is 19.5 Å². The van der Waals surface area contributed by atoms with Crippen molar-refractivity contribution in [1.82, 2.24) is 0 Å². The standard InChI is InChI=1S/C3H10N2.C2H3ClO2.Na/c4-2-1-3-5;3-1-2(4)5;/h1-5H2;1H2,(H,4,5);/q;;+1/p-1. The second kappa shape index (κ2) is 17.0. The van der Waals surface area contributed by atoms with Crippen molar-refractivity contribution in [2.45, 2.75) is 6.42 Å². The minimum atomic E-state index is -1.23. The van der Waals surface area contributed by atoms with E-state index in [4.69, 9.17) is 21.4 Å². The van der Waals surface area contributed by atoms with E-state index in [9.17, 15) is 0 Å². The van der Waals surface area contributed by atoms with E-state index in [0.717, 1.165) is 19.5 Å². The number of alkyl halides is 1. The van der Waals surface area contributed by atoms with Gasteiger partial charge in [0.15, 0.2) is 0 Å². The first-order valence-electron chi connectivity index (χ1n) is 2.85. The Bertz CT molecular complexity index is 82.9. The summed E-state index contributed by atoms with van der Waals surface area (Å²) in [6.45, 7) is 1.44. The molecule has 0 aliphatic heterocycles. The third kappa shape index (κ3) is 36.7. The molecular weight excluding hydrogens is 179 g/mol. The third-order valence-corrected chi connectivity index (χ3v) is 0.736. The number of nitrogens with two attached hydrogens (primary N) is 2. The van der Waals surface area contributed by atoms with Crippen molar-refractivity contribution < 1.29 is 39.5 Å². The van der Waals surface area contributed by atoms with Gasteiger partial charge in [-0.2, -0.15) is 0 Å². The van der Waals surface area contributed by atoms with Crippen molar-refractivity contribution >= 4 is 17.6 Å². The van der Waals surface area contributed by atoms with Crippen molar-refractivity contribution in [2.24, 2.45) is 11.5 Å². The van der Waals surface area contributed by atoms with Crippen molar-refractivity contribution in [3.05, 3.63) is 0 Å². The van der Waals surface area contributed by atoms with Crippen LogP contribution in [0.4, 0.5) is 0 Å². The maximum Gasteiger partial charge on any atom is 1.00 e. The average molecular weight is 191 g/mol. The third-order valence-electron chi connectivity index (χ3n) is 0.517. The van der Waals surface area contributed by atoms with Gasteiger partial charge in [0.2, 0.25) is 0 Å². The van der Waals surface area contributed by atoms with Crippen LogP contribution in [-0.2, 0) is 4.79 Å². The van der Waals surface area contributed by atoms with Crippen molar-refractivity contribution in [1.29, 1.82) is 0 Å². The smallest absolute Gasteiger partial charge is 0.549 e. The number of carboxylic acid groups (broad SMARTS) is 1. The number of hydrogen-bond donors (Lipinski definition) is 2. The predicted octanol–water partition coefficient (Wildman–Crippen LogP) is -4.73. The summed E-state index contributed by atoms with van der Waals surface area (Å²) in [6.07, 6.45) is 0.944. The van der Waals surface area contributed by atoms with Gasteiger partial charge in [-0.1, -0.05) is 0 Å². The van der Waals surface area contributed by atoms with E-state index in [1.165, 1.54) is 0 Å². The summed E-state index contributed by atoms with van der Waals surface area (Å²) in [5.41, 5.74) is 10.1. The van der Waals surface area contributed by atoms with Crippen LogP contribution in [0.5, 0.6) is 0 Å². The van der Waals surface area contributed by atoms with Gasteiger partial charge >= 0.3 is 29.6 Å². The largest absolute Gasteiger partial charge is 1.00 e. The van der Waals surface area contributed by atoms with Crippen LogP contribution in [0.2, 0.25) is 0 Å². The molecule has 0 aromatic carbocycles. The Morgan fingerprint density at radius 3 is 1.64 bits per heavy atom. The molecule has 0 bridgehead atoms. The van der Waals surface area contributed by atoms with Gasteiger partial charge in [-0.15, -0.1) is 11.6 Å². The summed E-state index contributed by atoms with van der Waals surface area (Å²) in [5.74, 6) is -1.65. The van der Waals surface area contributed by atoms with E-state index in [1.807, 2.05) is 0 Å². The fourth-order valence-corrected chi connectivity index (χ4v) is 0.118. The van der Waals surface area contributed by atoms with Crippen LogP contribution in [0.25, 0.3) is 0 Å². The molecule has 0 aliphatic rings. The average Bonchev–Trinajstić information content (AvgIpc) is 1.91. The second-order valence-corrected chi connectivity index (χ2v) is 1.70. The summed E-state index contributed by atoms with van der Waals surface area (Å²) in [4.78, 5) is 9.12. The Morgan fingerprint density at radius 1 is 1.36 bits per heavy atom. The molecule has 4 nitrogen and oxygen atoms in total. The van der Waals surface area contributed by atoms with Crippen LogP contribution in [0, 0.1) is 0 Å². The fourth-order valence-electron chi connectivity index (χ4n) is 0.118. The fraction of sp³-hybridized carbons (Fsp3) is 0.800. The molecule has 0 aromatic rings. The number of halogens is 1. The molecule has 0 aliphatic carbocycles. The molecule has 0 fully saturated rings. The van der Waals surface area contributed by atoms with E-state index in [0.29, 0.717) is 0 Å². The summed E-state index contributed by atoms with van der Waals surface area (Å²) < 4.78 is 0. The Kier molecular flexibility index (Phi) is 27.3. The minimum absolute atomic E-state index is 0. The Morgan fingerprint density at radius 2 is 1.64 bits per heavy atom. The molecule has 0 unspecified atom stereocenters. The number of carboxylic acids is 1. The molecule has 6 heteroatoms. The van der Waals surface area contributed by atoms with E-state index in [2.05, 4.69) is 11.6 Å². The van der Waals surface area contributed by atoms with Crippen LogP contribution in [-0.4, -0.2) is 24.9 Å². The normalized spacial score (nSPS) is 7.18. The van der Waals surface area contributed by atoms with Gasteiger partial charge < -0.3 is 21.4 Å². The van der Waals surface area contributed by atoms with Crippen molar-refractivity contribution in [3.8, 4) is 0 Å². The van der Waals surface area contributed by atoms with E-state index in [-0.39, 0.29) is 29.6 Å². The Balaban J connectivity index is -0.000000107. The van der Waals surface area contributed by atoms with Gasteiger partial charge in [0.25, 0.3) is 0 Å². The summed E-state index contributed by atoms with van der Waals surface area (Å²) in [6, 6.07) is 0. The molecule has 0 heterocycles. The van der Waals surface area contributed by atoms with Crippen LogP contribution in [0.1, 0.15) is 6.42 Å². The van der Waals surface area contributed by atoms with Gasteiger partial charge in [-0.25, -0.2) is 0 Å². The summed E-state index contributed by atoms with van der Waals surface area (Å²) in [5, 5.41) is 9.12. The molecule has 0 rings (SSSR count). The number of aliphatic carboxylic acids is 1. The van der Waals surface area contributed by atoms with Gasteiger partial charge in [0.05, 0.1) is 11.8 Å². The van der Waals surface area contributed by atoms with Gasteiger partial charge in [0.1, 0.15) is 0 Å². The second-order valence-electron chi connectivity index (χ2n) is 1.44. The number of carbonyl (C=O) groups is 1. The molecule has 0 saturated heterocycles. The van der Waals surface area contributed by atoms with Crippen LogP contribution in [0.15, 0.2) is 0 Å². The topological polar surface area (TPSA) is 92.2 Å². The quantitative estimate of drug-likeness (QED) is 0.346. The van der Waals surface area contributed by atoms with Crippen molar-refractivity contribution in [3.63, 3.8) is 0 Å². The van der Waals surface area contributed by atoms with Crippen LogP contribution < -0.4 is 46.1 Å². The minimum Gasteiger partial charge on any atom is -0.549 e. The molecule has 0 radical (unpaired) electrons. The van der Waals surface area contributed by atoms with Crippen LogP contribution in [0.3, 0.4) is 0 Å². The first-order chi connectivity index (χ1) is 4.68. The molecule has 0 atom stereocenters. The van der Waals surface area contributed by atoms with E-state index in [1.54, 1.807) is 0 Å².